The van der Waals surface area contributed by atoms with Crippen LogP contribution in [0.25, 0.3) is 0 Å². The molecule has 0 aromatic heterocycles. The Labute approximate surface area is 91.7 Å². The minimum atomic E-state index is -0.293. The summed E-state index contributed by atoms with van der Waals surface area (Å²) < 4.78 is 18.9. The zero-order valence-electron chi connectivity index (χ0n) is 7.80. The Kier molecular flexibility index (Phi) is 4.66. The SMILES string of the molecule is C=CCCCOc1cc(F)cc(Br)c1. The monoisotopic (exact) mass is 258 g/mol. The van der Waals surface area contributed by atoms with Crippen molar-refractivity contribution < 1.29 is 9.13 Å². The Balaban J connectivity index is 2.46. The van der Waals surface area contributed by atoms with Gasteiger partial charge in [-0.25, -0.2) is 4.39 Å². The highest BCUT2D eigenvalue weighted by Gasteiger charge is 1.99. The van der Waals surface area contributed by atoms with Crippen molar-refractivity contribution in [1.82, 2.24) is 0 Å². The number of unbranched alkanes of at least 4 members (excludes halogenated alkanes) is 1. The van der Waals surface area contributed by atoms with E-state index in [9.17, 15) is 4.39 Å². The number of halogens is 2. The van der Waals surface area contributed by atoms with E-state index >= 15 is 0 Å². The molecule has 0 radical (unpaired) electrons. The van der Waals surface area contributed by atoms with Gasteiger partial charge in [0.15, 0.2) is 0 Å². The fraction of sp³-hybridized carbons (Fsp3) is 0.273. The average Bonchev–Trinajstić information content (AvgIpc) is 2.11. The standard InChI is InChI=1S/C11H12BrFO/c1-2-3-4-5-14-11-7-9(12)6-10(13)8-11/h2,6-8H,1,3-5H2. The molecule has 0 aliphatic rings. The van der Waals surface area contributed by atoms with Crippen molar-refractivity contribution in [3.63, 3.8) is 0 Å². The van der Waals surface area contributed by atoms with Gasteiger partial charge < -0.3 is 4.74 Å². The summed E-state index contributed by atoms with van der Waals surface area (Å²) in [5.74, 6) is 0.263. The summed E-state index contributed by atoms with van der Waals surface area (Å²) in [6.45, 7) is 4.20. The highest BCUT2D eigenvalue weighted by atomic mass is 79.9. The molecule has 0 N–H and O–H groups in total. The van der Waals surface area contributed by atoms with E-state index in [2.05, 4.69) is 22.5 Å². The van der Waals surface area contributed by atoms with Gasteiger partial charge in [0.05, 0.1) is 6.61 Å². The van der Waals surface area contributed by atoms with E-state index in [-0.39, 0.29) is 5.82 Å². The molecule has 76 valence electrons. The third-order valence-electron chi connectivity index (χ3n) is 1.66. The first-order valence-corrected chi connectivity index (χ1v) is 5.21. The molecule has 0 fully saturated rings. The molecule has 3 heteroatoms. The number of hydrogen-bond donors (Lipinski definition) is 0. The summed E-state index contributed by atoms with van der Waals surface area (Å²) in [6.07, 6.45) is 3.65. The molecule has 0 bridgehead atoms. The molecule has 0 atom stereocenters. The van der Waals surface area contributed by atoms with Crippen molar-refractivity contribution in [3.05, 3.63) is 41.1 Å². The molecular weight excluding hydrogens is 247 g/mol. The maximum atomic E-state index is 12.9. The largest absolute Gasteiger partial charge is 0.493 e. The number of ether oxygens (including phenoxy) is 1. The molecule has 0 aliphatic carbocycles. The van der Waals surface area contributed by atoms with Gasteiger partial charge in [0.1, 0.15) is 11.6 Å². The number of allylic oxidation sites excluding steroid dienone is 1. The number of hydrogen-bond acceptors (Lipinski definition) is 1. The minimum Gasteiger partial charge on any atom is -0.493 e. The normalized spacial score (nSPS) is 9.86. The molecule has 1 nitrogen and oxygen atoms in total. The molecule has 0 aliphatic heterocycles. The number of rotatable bonds is 5. The first kappa shape index (κ1) is 11.2. The Morgan fingerprint density at radius 2 is 2.21 bits per heavy atom. The van der Waals surface area contributed by atoms with Crippen LogP contribution in [0.5, 0.6) is 5.75 Å². The van der Waals surface area contributed by atoms with Gasteiger partial charge in [-0.3, -0.25) is 0 Å². The average molecular weight is 259 g/mol. The van der Waals surface area contributed by atoms with E-state index < -0.39 is 0 Å². The lowest BCUT2D eigenvalue weighted by Crippen LogP contribution is -1.96. The molecule has 1 aromatic rings. The van der Waals surface area contributed by atoms with Gasteiger partial charge >= 0.3 is 0 Å². The van der Waals surface area contributed by atoms with Gasteiger partial charge in [0, 0.05) is 10.5 Å². The van der Waals surface area contributed by atoms with E-state index in [1.165, 1.54) is 12.1 Å². The van der Waals surface area contributed by atoms with Crippen molar-refractivity contribution in [1.29, 1.82) is 0 Å². The van der Waals surface area contributed by atoms with E-state index in [1.807, 2.05) is 6.08 Å². The van der Waals surface area contributed by atoms with Gasteiger partial charge in [0.25, 0.3) is 0 Å². The topological polar surface area (TPSA) is 9.23 Å². The fourth-order valence-electron chi connectivity index (χ4n) is 1.03. The Bertz CT molecular complexity index is 292. The Morgan fingerprint density at radius 3 is 2.86 bits per heavy atom. The van der Waals surface area contributed by atoms with Crippen LogP contribution in [0.2, 0.25) is 0 Å². The second kappa shape index (κ2) is 5.81. The predicted octanol–water partition coefficient (Wildman–Crippen LogP) is 3.93. The van der Waals surface area contributed by atoms with Crippen LogP contribution >= 0.6 is 15.9 Å². The lowest BCUT2D eigenvalue weighted by Gasteiger charge is -2.05. The number of benzene rings is 1. The molecule has 0 unspecified atom stereocenters. The Morgan fingerprint density at radius 1 is 1.43 bits per heavy atom. The molecule has 1 rings (SSSR count). The quantitative estimate of drug-likeness (QED) is 0.575. The molecule has 0 heterocycles. The first-order chi connectivity index (χ1) is 6.72. The van der Waals surface area contributed by atoms with Crippen LogP contribution in [-0.2, 0) is 0 Å². The highest BCUT2D eigenvalue weighted by Crippen LogP contribution is 2.20. The molecule has 1 aromatic carbocycles. The summed E-state index contributed by atoms with van der Waals surface area (Å²) in [7, 11) is 0. The summed E-state index contributed by atoms with van der Waals surface area (Å²) in [4.78, 5) is 0. The summed E-state index contributed by atoms with van der Waals surface area (Å²) in [6, 6.07) is 4.52. The van der Waals surface area contributed by atoms with Crippen molar-refractivity contribution in [2.24, 2.45) is 0 Å². The summed E-state index contributed by atoms with van der Waals surface area (Å²) in [5.41, 5.74) is 0. The van der Waals surface area contributed by atoms with Crippen molar-refractivity contribution in [2.45, 2.75) is 12.8 Å². The van der Waals surface area contributed by atoms with Gasteiger partial charge in [-0.05, 0) is 25.0 Å². The van der Waals surface area contributed by atoms with Gasteiger partial charge in [-0.2, -0.15) is 0 Å². The van der Waals surface area contributed by atoms with Gasteiger partial charge in [-0.1, -0.05) is 22.0 Å². The second-order valence-corrected chi connectivity index (χ2v) is 3.80. The Hall–Kier alpha value is -0.830. The van der Waals surface area contributed by atoms with E-state index in [0.717, 1.165) is 12.8 Å². The van der Waals surface area contributed by atoms with Crippen LogP contribution in [0.3, 0.4) is 0 Å². The zero-order chi connectivity index (χ0) is 10.4. The molecular formula is C11H12BrFO. The maximum Gasteiger partial charge on any atom is 0.128 e. The predicted molar refractivity (Wildman–Crippen MR) is 59.0 cm³/mol. The van der Waals surface area contributed by atoms with Crippen LogP contribution < -0.4 is 4.74 Å². The third kappa shape index (κ3) is 3.92. The summed E-state index contributed by atoms with van der Waals surface area (Å²) >= 11 is 3.20. The van der Waals surface area contributed by atoms with Gasteiger partial charge in [-0.15, -0.1) is 6.58 Å². The lowest BCUT2D eigenvalue weighted by molar-refractivity contribution is 0.310. The van der Waals surface area contributed by atoms with Crippen LogP contribution in [-0.4, -0.2) is 6.61 Å². The van der Waals surface area contributed by atoms with Crippen LogP contribution in [0.4, 0.5) is 4.39 Å². The highest BCUT2D eigenvalue weighted by molar-refractivity contribution is 9.10. The van der Waals surface area contributed by atoms with E-state index in [0.29, 0.717) is 16.8 Å². The minimum absolute atomic E-state index is 0.293. The lowest BCUT2D eigenvalue weighted by atomic mass is 10.3. The maximum absolute atomic E-state index is 12.9. The molecule has 0 saturated carbocycles. The zero-order valence-corrected chi connectivity index (χ0v) is 9.39. The van der Waals surface area contributed by atoms with Crippen LogP contribution in [0.15, 0.2) is 35.3 Å². The van der Waals surface area contributed by atoms with Crippen molar-refractivity contribution in [3.8, 4) is 5.75 Å². The smallest absolute Gasteiger partial charge is 0.128 e. The third-order valence-corrected chi connectivity index (χ3v) is 2.12. The molecule has 0 saturated heterocycles. The fourth-order valence-corrected chi connectivity index (χ4v) is 1.47. The first-order valence-electron chi connectivity index (χ1n) is 4.42. The molecule has 14 heavy (non-hydrogen) atoms. The van der Waals surface area contributed by atoms with E-state index in [1.54, 1.807) is 6.07 Å². The van der Waals surface area contributed by atoms with Crippen molar-refractivity contribution in [2.75, 3.05) is 6.61 Å². The van der Waals surface area contributed by atoms with E-state index in [4.69, 9.17) is 4.74 Å². The van der Waals surface area contributed by atoms with Crippen LogP contribution in [0.1, 0.15) is 12.8 Å². The van der Waals surface area contributed by atoms with Crippen LogP contribution in [0, 0.1) is 5.82 Å². The van der Waals surface area contributed by atoms with Crippen molar-refractivity contribution >= 4 is 15.9 Å². The summed E-state index contributed by atoms with van der Waals surface area (Å²) in [5, 5.41) is 0. The molecule has 0 amide bonds. The van der Waals surface area contributed by atoms with Gasteiger partial charge in [0.2, 0.25) is 0 Å². The second-order valence-electron chi connectivity index (χ2n) is 2.88. The molecule has 0 spiro atoms.